The van der Waals surface area contributed by atoms with Crippen LogP contribution in [0.2, 0.25) is 5.02 Å². The number of benzene rings is 3. The van der Waals surface area contributed by atoms with E-state index in [2.05, 4.69) is 39.0 Å². The standard InChI is InChI=1S/C27H25ClN4O2/c1-31-12-14-32(15-13-31)21-10-8-20(9-11-21)29-17-24-25-22(18-4-2-5-19(28)16-18)6-3-7-23(25)26(33)30-27(24)34/h2-11,16-17H,12-15H2,1H3,(H2,30,33,34). The van der Waals surface area contributed by atoms with Gasteiger partial charge in [0.1, 0.15) is 0 Å². The SMILES string of the molecule is CN1CCN(c2ccc(N=Cc3c(O)[nH]c(=O)c4cccc(-c5cccc(Cl)c5)c34)cc2)CC1. The van der Waals surface area contributed by atoms with E-state index in [1.54, 1.807) is 18.3 Å². The van der Waals surface area contributed by atoms with Gasteiger partial charge in [-0.3, -0.25) is 14.8 Å². The summed E-state index contributed by atoms with van der Waals surface area (Å²) in [6.07, 6.45) is 1.60. The fourth-order valence-electron chi connectivity index (χ4n) is 4.37. The molecule has 1 fully saturated rings. The highest BCUT2D eigenvalue weighted by Gasteiger charge is 2.16. The second-order valence-electron chi connectivity index (χ2n) is 8.52. The minimum Gasteiger partial charge on any atom is -0.494 e. The van der Waals surface area contributed by atoms with Crippen LogP contribution >= 0.6 is 11.6 Å². The van der Waals surface area contributed by atoms with E-state index in [4.69, 9.17) is 11.6 Å². The van der Waals surface area contributed by atoms with Gasteiger partial charge >= 0.3 is 0 Å². The van der Waals surface area contributed by atoms with Crippen LogP contribution in [0.1, 0.15) is 5.56 Å². The smallest absolute Gasteiger partial charge is 0.258 e. The van der Waals surface area contributed by atoms with E-state index < -0.39 is 0 Å². The molecular formula is C27H25ClN4O2. The fraction of sp³-hybridized carbons (Fsp3) is 0.185. The Labute approximate surface area is 202 Å². The molecule has 1 aliphatic rings. The number of H-pyrrole nitrogens is 1. The highest BCUT2D eigenvalue weighted by molar-refractivity contribution is 6.31. The highest BCUT2D eigenvalue weighted by atomic mass is 35.5. The molecule has 1 saturated heterocycles. The van der Waals surface area contributed by atoms with Crippen LogP contribution in [0.5, 0.6) is 5.88 Å². The number of hydrogen-bond acceptors (Lipinski definition) is 5. The van der Waals surface area contributed by atoms with Crippen molar-refractivity contribution in [2.24, 2.45) is 4.99 Å². The molecular weight excluding hydrogens is 448 g/mol. The summed E-state index contributed by atoms with van der Waals surface area (Å²) in [5.41, 5.74) is 3.69. The second kappa shape index (κ2) is 9.33. The first-order valence-electron chi connectivity index (χ1n) is 11.2. The second-order valence-corrected chi connectivity index (χ2v) is 8.96. The molecule has 1 aliphatic heterocycles. The number of aliphatic imine (C=N–C) groups is 1. The molecule has 4 aromatic rings. The summed E-state index contributed by atoms with van der Waals surface area (Å²) < 4.78 is 0. The fourth-order valence-corrected chi connectivity index (χ4v) is 4.56. The molecule has 0 spiro atoms. The Hall–Kier alpha value is -3.61. The summed E-state index contributed by atoms with van der Waals surface area (Å²) in [5.74, 6) is -0.218. The van der Waals surface area contributed by atoms with Crippen LogP contribution < -0.4 is 10.5 Å². The van der Waals surface area contributed by atoms with Crippen LogP contribution in [0.15, 0.2) is 76.5 Å². The summed E-state index contributed by atoms with van der Waals surface area (Å²) in [4.78, 5) is 24.4. The van der Waals surface area contributed by atoms with E-state index in [-0.39, 0.29) is 11.4 Å². The number of aromatic nitrogens is 1. The molecule has 0 saturated carbocycles. The molecule has 0 atom stereocenters. The van der Waals surface area contributed by atoms with Crippen LogP contribution in [-0.2, 0) is 0 Å². The van der Waals surface area contributed by atoms with Crippen LogP contribution in [-0.4, -0.2) is 54.4 Å². The maximum absolute atomic E-state index is 12.6. The van der Waals surface area contributed by atoms with Crippen LogP contribution in [0.3, 0.4) is 0 Å². The van der Waals surface area contributed by atoms with Gasteiger partial charge < -0.3 is 14.9 Å². The number of anilines is 1. The molecule has 6 nitrogen and oxygen atoms in total. The zero-order valence-corrected chi connectivity index (χ0v) is 19.6. The largest absolute Gasteiger partial charge is 0.494 e. The number of pyridine rings is 1. The van der Waals surface area contributed by atoms with Crippen molar-refractivity contribution in [3.05, 3.63) is 87.7 Å². The monoisotopic (exact) mass is 472 g/mol. The molecule has 0 unspecified atom stereocenters. The minimum absolute atomic E-state index is 0.218. The van der Waals surface area contributed by atoms with Gasteiger partial charge in [0.25, 0.3) is 5.56 Å². The van der Waals surface area contributed by atoms with Crippen molar-refractivity contribution in [2.75, 3.05) is 38.1 Å². The Morgan fingerprint density at radius 3 is 2.47 bits per heavy atom. The molecule has 5 rings (SSSR count). The van der Waals surface area contributed by atoms with Gasteiger partial charge in [-0.1, -0.05) is 35.9 Å². The van der Waals surface area contributed by atoms with Crippen LogP contribution in [0.4, 0.5) is 11.4 Å². The Kier molecular flexibility index (Phi) is 6.09. The average molecular weight is 473 g/mol. The maximum Gasteiger partial charge on any atom is 0.258 e. The third kappa shape index (κ3) is 4.42. The van der Waals surface area contributed by atoms with E-state index in [0.717, 1.165) is 43.0 Å². The number of nitrogens with one attached hydrogen (secondary N) is 1. The lowest BCUT2D eigenvalue weighted by Gasteiger charge is -2.34. The van der Waals surface area contributed by atoms with Gasteiger partial charge in [0.2, 0.25) is 5.88 Å². The number of halogens is 1. The van der Waals surface area contributed by atoms with Crippen molar-refractivity contribution in [3.63, 3.8) is 0 Å². The summed E-state index contributed by atoms with van der Waals surface area (Å²) in [5, 5.41) is 12.3. The quantitative estimate of drug-likeness (QED) is 0.407. The number of piperazine rings is 1. The number of rotatable bonds is 4. The minimum atomic E-state index is -0.356. The van der Waals surface area contributed by atoms with Gasteiger partial charge in [-0.2, -0.15) is 0 Å². The summed E-state index contributed by atoms with van der Waals surface area (Å²) in [6.45, 7) is 4.10. The lowest BCUT2D eigenvalue weighted by atomic mass is 9.96. The molecule has 0 aliphatic carbocycles. The van der Waals surface area contributed by atoms with Crippen molar-refractivity contribution in [1.29, 1.82) is 0 Å². The van der Waals surface area contributed by atoms with Gasteiger partial charge in [0.15, 0.2) is 0 Å². The molecule has 3 aromatic carbocycles. The normalized spacial score (nSPS) is 14.8. The van der Waals surface area contributed by atoms with Gasteiger partial charge in [0, 0.05) is 53.9 Å². The van der Waals surface area contributed by atoms with E-state index >= 15 is 0 Å². The van der Waals surface area contributed by atoms with Crippen molar-refractivity contribution >= 4 is 40.0 Å². The van der Waals surface area contributed by atoms with Crippen molar-refractivity contribution < 1.29 is 5.11 Å². The van der Waals surface area contributed by atoms with Crippen LogP contribution in [0, 0.1) is 0 Å². The topological polar surface area (TPSA) is 71.9 Å². The zero-order chi connectivity index (χ0) is 23.7. The Balaban J connectivity index is 1.53. The summed E-state index contributed by atoms with van der Waals surface area (Å²) in [7, 11) is 2.14. The molecule has 2 N–H and O–H groups in total. The summed E-state index contributed by atoms with van der Waals surface area (Å²) in [6, 6.07) is 21.0. The molecule has 7 heteroatoms. The van der Waals surface area contributed by atoms with Gasteiger partial charge in [-0.05, 0) is 60.6 Å². The van der Waals surface area contributed by atoms with Crippen molar-refractivity contribution in [3.8, 4) is 17.0 Å². The van der Waals surface area contributed by atoms with Gasteiger partial charge in [-0.15, -0.1) is 0 Å². The lowest BCUT2D eigenvalue weighted by molar-refractivity contribution is 0.313. The molecule has 172 valence electrons. The first-order valence-corrected chi connectivity index (χ1v) is 11.6. The Bertz CT molecular complexity index is 1420. The first kappa shape index (κ1) is 22.2. The van der Waals surface area contributed by atoms with Crippen molar-refractivity contribution in [2.45, 2.75) is 0 Å². The molecule has 34 heavy (non-hydrogen) atoms. The predicted molar refractivity (Wildman–Crippen MR) is 140 cm³/mol. The van der Waals surface area contributed by atoms with Crippen molar-refractivity contribution in [1.82, 2.24) is 9.88 Å². The lowest BCUT2D eigenvalue weighted by Crippen LogP contribution is -2.44. The molecule has 0 amide bonds. The van der Waals surface area contributed by atoms with Gasteiger partial charge in [-0.25, -0.2) is 0 Å². The number of hydrogen-bond donors (Lipinski definition) is 2. The van der Waals surface area contributed by atoms with E-state index in [0.29, 0.717) is 21.4 Å². The first-order chi connectivity index (χ1) is 16.5. The molecule has 1 aromatic heterocycles. The third-order valence-corrected chi connectivity index (χ3v) is 6.50. The molecule has 0 bridgehead atoms. The Morgan fingerprint density at radius 2 is 1.74 bits per heavy atom. The number of likely N-dealkylation sites (N-methyl/N-ethyl adjacent to an activating group) is 1. The third-order valence-electron chi connectivity index (χ3n) is 6.26. The number of fused-ring (bicyclic) bond motifs is 1. The number of aromatic hydroxyl groups is 1. The Morgan fingerprint density at radius 1 is 1.00 bits per heavy atom. The van der Waals surface area contributed by atoms with E-state index in [9.17, 15) is 9.90 Å². The summed E-state index contributed by atoms with van der Waals surface area (Å²) >= 11 is 6.22. The van der Waals surface area contributed by atoms with Crippen LogP contribution in [0.25, 0.3) is 21.9 Å². The molecule has 2 heterocycles. The predicted octanol–water partition coefficient (Wildman–Crippen LogP) is 5.06. The van der Waals surface area contributed by atoms with E-state index in [1.165, 1.54) is 5.69 Å². The maximum atomic E-state index is 12.6. The van der Waals surface area contributed by atoms with Gasteiger partial charge in [0.05, 0.1) is 11.3 Å². The zero-order valence-electron chi connectivity index (χ0n) is 18.8. The number of aromatic amines is 1. The number of nitrogens with zero attached hydrogens (tertiary/aromatic N) is 3. The molecule has 0 radical (unpaired) electrons. The average Bonchev–Trinajstić information content (AvgIpc) is 2.84. The van der Waals surface area contributed by atoms with E-state index in [1.807, 2.05) is 42.5 Å². The highest BCUT2D eigenvalue weighted by Crippen LogP contribution is 2.33.